The van der Waals surface area contributed by atoms with Crippen molar-refractivity contribution in [3.8, 4) is 0 Å². The molecule has 0 bridgehead atoms. The zero-order valence-electron chi connectivity index (χ0n) is 13.0. The maximum atomic E-state index is 13.1. The molecule has 1 amide bonds. The van der Waals surface area contributed by atoms with Gasteiger partial charge in [-0.2, -0.15) is 0 Å². The number of benzene rings is 2. The first kappa shape index (κ1) is 16.5. The van der Waals surface area contributed by atoms with Crippen molar-refractivity contribution < 1.29 is 13.6 Å². The summed E-state index contributed by atoms with van der Waals surface area (Å²) in [5, 5.41) is 5.54. The van der Waals surface area contributed by atoms with Crippen molar-refractivity contribution in [1.82, 2.24) is 9.97 Å². The van der Waals surface area contributed by atoms with E-state index in [0.717, 1.165) is 5.56 Å². The molecule has 25 heavy (non-hydrogen) atoms. The number of carbonyl (C=O) groups is 1. The Bertz CT molecular complexity index is 867. The minimum atomic E-state index is -0.436. The summed E-state index contributed by atoms with van der Waals surface area (Å²) in [4.78, 5) is 20.2. The molecule has 0 fully saturated rings. The number of carbonyl (C=O) groups excluding carboxylic acids is 1. The van der Waals surface area contributed by atoms with Crippen LogP contribution in [0, 0.1) is 11.6 Å². The summed E-state index contributed by atoms with van der Waals surface area (Å²) in [7, 11) is 0. The average molecular weight is 340 g/mol. The van der Waals surface area contributed by atoms with Crippen molar-refractivity contribution in [2.75, 3.05) is 10.6 Å². The molecule has 1 heterocycles. The first-order valence-electron chi connectivity index (χ1n) is 7.47. The molecule has 3 rings (SSSR count). The predicted octanol–water partition coefficient (Wildman–Crippen LogP) is 3.62. The molecular weight excluding hydrogens is 326 g/mol. The van der Waals surface area contributed by atoms with Crippen molar-refractivity contribution in [2.45, 2.75) is 6.54 Å². The number of amides is 1. The Kier molecular flexibility index (Phi) is 4.94. The number of nitrogens with zero attached hydrogens (tertiary/aromatic N) is 2. The first-order chi connectivity index (χ1) is 12.1. The monoisotopic (exact) mass is 340 g/mol. The van der Waals surface area contributed by atoms with Crippen molar-refractivity contribution in [3.63, 3.8) is 0 Å². The highest BCUT2D eigenvalue weighted by Crippen LogP contribution is 2.11. The topological polar surface area (TPSA) is 66.9 Å². The third-order valence-electron chi connectivity index (χ3n) is 3.36. The quantitative estimate of drug-likeness (QED) is 0.744. The molecular formula is C18H14F2N4O. The molecule has 126 valence electrons. The van der Waals surface area contributed by atoms with Crippen LogP contribution in [0.25, 0.3) is 0 Å². The number of aromatic nitrogens is 2. The first-order valence-corrected chi connectivity index (χ1v) is 7.47. The molecule has 0 unspecified atom stereocenters. The second-order valence-corrected chi connectivity index (χ2v) is 5.24. The standard InChI is InChI=1S/C18H14F2N4O/c19-14-6-4-12(5-7-14)9-21-18-22-10-13(11-23-18)17(25)24-16-3-1-2-15(20)8-16/h1-8,10-11H,9H2,(H,24,25)(H,21,22,23). The number of hydrogen-bond donors (Lipinski definition) is 2. The third-order valence-corrected chi connectivity index (χ3v) is 3.36. The molecule has 0 radical (unpaired) electrons. The molecule has 0 atom stereocenters. The van der Waals surface area contributed by atoms with Crippen LogP contribution < -0.4 is 10.6 Å². The van der Waals surface area contributed by atoms with Crippen LogP contribution in [0.5, 0.6) is 0 Å². The highest BCUT2D eigenvalue weighted by molar-refractivity contribution is 6.03. The molecule has 5 nitrogen and oxygen atoms in total. The van der Waals surface area contributed by atoms with Crippen molar-refractivity contribution in [2.24, 2.45) is 0 Å². The summed E-state index contributed by atoms with van der Waals surface area (Å²) in [6.07, 6.45) is 2.74. The summed E-state index contributed by atoms with van der Waals surface area (Å²) in [5.41, 5.74) is 1.47. The van der Waals surface area contributed by atoms with Gasteiger partial charge in [0.05, 0.1) is 5.56 Å². The van der Waals surface area contributed by atoms with E-state index in [4.69, 9.17) is 0 Å². The highest BCUT2D eigenvalue weighted by Gasteiger charge is 2.08. The Hall–Kier alpha value is -3.35. The molecule has 0 aliphatic rings. The zero-order chi connectivity index (χ0) is 17.6. The van der Waals surface area contributed by atoms with E-state index in [1.165, 1.54) is 42.7 Å². The van der Waals surface area contributed by atoms with Crippen LogP contribution >= 0.6 is 0 Å². The lowest BCUT2D eigenvalue weighted by molar-refractivity contribution is 0.102. The van der Waals surface area contributed by atoms with E-state index in [2.05, 4.69) is 20.6 Å². The maximum absolute atomic E-state index is 13.1. The maximum Gasteiger partial charge on any atom is 0.258 e. The van der Waals surface area contributed by atoms with Crippen molar-refractivity contribution >= 4 is 17.5 Å². The van der Waals surface area contributed by atoms with E-state index in [-0.39, 0.29) is 11.4 Å². The van der Waals surface area contributed by atoms with Crippen LogP contribution in [0.1, 0.15) is 15.9 Å². The van der Waals surface area contributed by atoms with Gasteiger partial charge in [-0.1, -0.05) is 18.2 Å². The van der Waals surface area contributed by atoms with E-state index in [0.29, 0.717) is 18.2 Å². The van der Waals surface area contributed by atoms with Crippen LogP contribution in [0.4, 0.5) is 20.4 Å². The fourth-order valence-electron chi connectivity index (χ4n) is 2.09. The van der Waals surface area contributed by atoms with E-state index in [9.17, 15) is 13.6 Å². The van der Waals surface area contributed by atoms with E-state index in [1.807, 2.05) is 0 Å². The van der Waals surface area contributed by atoms with Crippen LogP contribution in [0.15, 0.2) is 60.9 Å². The minimum Gasteiger partial charge on any atom is -0.350 e. The smallest absolute Gasteiger partial charge is 0.258 e. The van der Waals surface area contributed by atoms with Gasteiger partial charge in [0.25, 0.3) is 5.91 Å². The number of halogens is 2. The second-order valence-electron chi connectivity index (χ2n) is 5.24. The van der Waals surface area contributed by atoms with Crippen LogP contribution in [0.3, 0.4) is 0 Å². The lowest BCUT2D eigenvalue weighted by Crippen LogP contribution is -2.13. The molecule has 0 aliphatic heterocycles. The van der Waals surface area contributed by atoms with E-state index in [1.54, 1.807) is 18.2 Å². The van der Waals surface area contributed by atoms with Gasteiger partial charge in [0.2, 0.25) is 5.95 Å². The SMILES string of the molecule is O=C(Nc1cccc(F)c1)c1cnc(NCc2ccc(F)cc2)nc1. The fourth-order valence-corrected chi connectivity index (χ4v) is 2.09. The van der Waals surface area contributed by atoms with Gasteiger partial charge in [0.15, 0.2) is 0 Å². The van der Waals surface area contributed by atoms with Crippen LogP contribution in [-0.2, 0) is 6.54 Å². The predicted molar refractivity (Wildman–Crippen MR) is 90.1 cm³/mol. The number of rotatable bonds is 5. The third kappa shape index (κ3) is 4.57. The average Bonchev–Trinajstić information content (AvgIpc) is 2.62. The Balaban J connectivity index is 1.59. The summed E-state index contributed by atoms with van der Waals surface area (Å²) >= 11 is 0. The molecule has 7 heteroatoms. The minimum absolute atomic E-state index is 0.247. The lowest BCUT2D eigenvalue weighted by atomic mass is 10.2. The molecule has 1 aromatic heterocycles. The van der Waals surface area contributed by atoms with Crippen molar-refractivity contribution in [1.29, 1.82) is 0 Å². The van der Waals surface area contributed by atoms with Crippen LogP contribution in [-0.4, -0.2) is 15.9 Å². The summed E-state index contributed by atoms with van der Waals surface area (Å²) in [6.45, 7) is 0.426. The summed E-state index contributed by atoms with van der Waals surface area (Å²) in [6, 6.07) is 11.7. The summed E-state index contributed by atoms with van der Waals surface area (Å²) in [5.74, 6) is -0.828. The Morgan fingerprint density at radius 1 is 0.960 bits per heavy atom. The molecule has 3 aromatic rings. The van der Waals surface area contributed by atoms with E-state index < -0.39 is 11.7 Å². The Labute approximate surface area is 142 Å². The zero-order valence-corrected chi connectivity index (χ0v) is 13.0. The van der Waals surface area contributed by atoms with Gasteiger partial charge >= 0.3 is 0 Å². The normalized spacial score (nSPS) is 10.3. The van der Waals surface area contributed by atoms with Gasteiger partial charge < -0.3 is 10.6 Å². The fraction of sp³-hybridized carbons (Fsp3) is 0.0556. The molecule has 0 saturated heterocycles. The van der Waals surface area contributed by atoms with Crippen LogP contribution in [0.2, 0.25) is 0 Å². The van der Waals surface area contributed by atoms with Gasteiger partial charge in [-0.05, 0) is 35.9 Å². The lowest BCUT2D eigenvalue weighted by Gasteiger charge is -2.07. The second kappa shape index (κ2) is 7.48. The molecule has 0 aliphatic carbocycles. The highest BCUT2D eigenvalue weighted by atomic mass is 19.1. The number of hydrogen-bond acceptors (Lipinski definition) is 4. The molecule has 2 aromatic carbocycles. The summed E-state index contributed by atoms with van der Waals surface area (Å²) < 4.78 is 26.0. The van der Waals surface area contributed by atoms with Crippen molar-refractivity contribution in [3.05, 3.63) is 83.7 Å². The van der Waals surface area contributed by atoms with Gasteiger partial charge in [0.1, 0.15) is 11.6 Å². The van der Waals surface area contributed by atoms with Gasteiger partial charge in [0, 0.05) is 24.6 Å². The largest absolute Gasteiger partial charge is 0.350 e. The van der Waals surface area contributed by atoms with E-state index >= 15 is 0 Å². The molecule has 0 spiro atoms. The molecule has 2 N–H and O–H groups in total. The molecule has 0 saturated carbocycles. The van der Waals surface area contributed by atoms with Gasteiger partial charge in [-0.15, -0.1) is 0 Å². The van der Waals surface area contributed by atoms with Gasteiger partial charge in [-0.3, -0.25) is 4.79 Å². The number of nitrogens with one attached hydrogen (secondary N) is 2. The Morgan fingerprint density at radius 2 is 1.68 bits per heavy atom. The Morgan fingerprint density at radius 3 is 2.36 bits per heavy atom. The number of anilines is 2. The van der Waals surface area contributed by atoms with Gasteiger partial charge in [-0.25, -0.2) is 18.7 Å².